The molecule has 1 aromatic carbocycles. The molecule has 19 heavy (non-hydrogen) atoms. The largest absolute Gasteiger partial charge is 0.398 e. The lowest BCUT2D eigenvalue weighted by atomic mass is 10.3. The summed E-state index contributed by atoms with van der Waals surface area (Å²) in [7, 11) is -3.77. The van der Waals surface area contributed by atoms with Gasteiger partial charge in [0, 0.05) is 12.5 Å². The SMILES string of the molecule is CC(C)NC(=O)CCS(=O)(=O)c1cc(F)ccc1N. The van der Waals surface area contributed by atoms with Crippen molar-refractivity contribution in [2.75, 3.05) is 11.5 Å². The number of carbonyl (C=O) groups is 1. The molecular weight excluding hydrogens is 271 g/mol. The molecule has 1 rings (SSSR count). The van der Waals surface area contributed by atoms with Gasteiger partial charge in [0.1, 0.15) is 5.82 Å². The number of hydrogen-bond donors (Lipinski definition) is 2. The van der Waals surface area contributed by atoms with Gasteiger partial charge in [-0.1, -0.05) is 0 Å². The van der Waals surface area contributed by atoms with Gasteiger partial charge in [-0.2, -0.15) is 0 Å². The van der Waals surface area contributed by atoms with Crippen molar-refractivity contribution in [2.45, 2.75) is 31.2 Å². The minimum atomic E-state index is -3.77. The minimum absolute atomic E-state index is 0.0225. The Kier molecular flexibility index (Phi) is 4.88. The van der Waals surface area contributed by atoms with Crippen molar-refractivity contribution in [3.63, 3.8) is 0 Å². The second-order valence-corrected chi connectivity index (χ2v) is 6.55. The number of nitrogens with one attached hydrogen (secondary N) is 1. The first kappa shape index (κ1) is 15.4. The number of nitrogens with two attached hydrogens (primary N) is 1. The van der Waals surface area contributed by atoms with Gasteiger partial charge < -0.3 is 11.1 Å². The maximum Gasteiger partial charge on any atom is 0.221 e. The molecule has 0 aromatic heterocycles. The van der Waals surface area contributed by atoms with Crippen LogP contribution in [-0.4, -0.2) is 26.1 Å². The fourth-order valence-electron chi connectivity index (χ4n) is 1.51. The Morgan fingerprint density at radius 3 is 2.63 bits per heavy atom. The smallest absolute Gasteiger partial charge is 0.221 e. The van der Waals surface area contributed by atoms with Crippen LogP contribution in [0, 0.1) is 5.82 Å². The fraction of sp³-hybridized carbons (Fsp3) is 0.417. The number of sulfone groups is 1. The van der Waals surface area contributed by atoms with Gasteiger partial charge >= 0.3 is 0 Å². The summed E-state index contributed by atoms with van der Waals surface area (Å²) in [6, 6.07) is 3.08. The number of hydrogen-bond acceptors (Lipinski definition) is 4. The molecule has 0 atom stereocenters. The molecule has 1 aromatic rings. The van der Waals surface area contributed by atoms with Crippen LogP contribution >= 0.6 is 0 Å². The number of anilines is 1. The Labute approximate surface area is 111 Å². The highest BCUT2D eigenvalue weighted by atomic mass is 32.2. The summed E-state index contributed by atoms with van der Waals surface area (Å²) in [4.78, 5) is 11.1. The van der Waals surface area contributed by atoms with Crippen LogP contribution in [0.1, 0.15) is 20.3 Å². The van der Waals surface area contributed by atoms with Crippen LogP contribution in [0.25, 0.3) is 0 Å². The first-order valence-electron chi connectivity index (χ1n) is 5.79. The van der Waals surface area contributed by atoms with Gasteiger partial charge in [0.05, 0.1) is 16.3 Å². The van der Waals surface area contributed by atoms with E-state index in [1.54, 1.807) is 13.8 Å². The molecule has 0 radical (unpaired) electrons. The predicted molar refractivity (Wildman–Crippen MR) is 70.8 cm³/mol. The van der Waals surface area contributed by atoms with E-state index in [1.807, 2.05) is 0 Å². The molecule has 3 N–H and O–H groups in total. The number of nitrogen functional groups attached to an aromatic ring is 1. The summed E-state index contributed by atoms with van der Waals surface area (Å²) < 4.78 is 37.0. The topological polar surface area (TPSA) is 89.3 Å². The number of rotatable bonds is 5. The zero-order valence-corrected chi connectivity index (χ0v) is 11.6. The van der Waals surface area contributed by atoms with Crippen molar-refractivity contribution in [2.24, 2.45) is 0 Å². The summed E-state index contributed by atoms with van der Waals surface area (Å²) in [6.07, 6.45) is -0.184. The lowest BCUT2D eigenvalue weighted by molar-refractivity contribution is -0.121. The molecular formula is C12H17FN2O3S. The van der Waals surface area contributed by atoms with Crippen molar-refractivity contribution >= 4 is 21.4 Å². The number of benzene rings is 1. The molecule has 0 unspecified atom stereocenters. The average molecular weight is 288 g/mol. The van der Waals surface area contributed by atoms with Gasteiger partial charge in [-0.25, -0.2) is 12.8 Å². The third-order valence-electron chi connectivity index (χ3n) is 2.36. The minimum Gasteiger partial charge on any atom is -0.398 e. The van der Waals surface area contributed by atoms with Crippen LogP contribution in [0.3, 0.4) is 0 Å². The Morgan fingerprint density at radius 2 is 2.05 bits per heavy atom. The monoisotopic (exact) mass is 288 g/mol. The quantitative estimate of drug-likeness (QED) is 0.794. The molecule has 0 fully saturated rings. The first-order chi connectivity index (χ1) is 8.72. The van der Waals surface area contributed by atoms with Gasteiger partial charge in [0.2, 0.25) is 5.91 Å². The number of amides is 1. The van der Waals surface area contributed by atoms with E-state index in [4.69, 9.17) is 5.73 Å². The average Bonchev–Trinajstić information content (AvgIpc) is 2.29. The van der Waals surface area contributed by atoms with E-state index in [1.165, 1.54) is 6.07 Å². The Bertz CT molecular complexity index is 570. The standard InChI is InChI=1S/C12H17FN2O3S/c1-8(2)15-12(16)5-6-19(17,18)11-7-9(13)3-4-10(11)14/h3-4,7-8H,5-6,14H2,1-2H3,(H,15,16). The predicted octanol–water partition coefficient (Wildman–Crippen LogP) is 1.10. The van der Waals surface area contributed by atoms with Crippen molar-refractivity contribution in [3.05, 3.63) is 24.0 Å². The molecule has 0 spiro atoms. The Morgan fingerprint density at radius 1 is 1.42 bits per heavy atom. The van der Waals surface area contributed by atoms with Crippen molar-refractivity contribution in [3.8, 4) is 0 Å². The highest BCUT2D eigenvalue weighted by Gasteiger charge is 2.20. The van der Waals surface area contributed by atoms with E-state index in [0.29, 0.717) is 0 Å². The normalized spacial score (nSPS) is 11.6. The number of halogens is 1. The summed E-state index contributed by atoms with van der Waals surface area (Å²) in [5.74, 6) is -1.45. The van der Waals surface area contributed by atoms with Gasteiger partial charge in [0.25, 0.3) is 0 Å². The fourth-order valence-corrected chi connectivity index (χ4v) is 2.90. The highest BCUT2D eigenvalue weighted by Crippen LogP contribution is 2.21. The molecule has 5 nitrogen and oxygen atoms in total. The molecule has 1 amide bonds. The summed E-state index contributed by atoms with van der Waals surface area (Å²) in [6.45, 7) is 3.55. The molecule has 0 heterocycles. The van der Waals surface area contributed by atoms with E-state index in [9.17, 15) is 17.6 Å². The molecule has 0 aliphatic carbocycles. The third-order valence-corrected chi connectivity index (χ3v) is 4.12. The van der Waals surface area contributed by atoms with Crippen LogP contribution in [-0.2, 0) is 14.6 Å². The molecule has 0 bridgehead atoms. The lowest BCUT2D eigenvalue weighted by Gasteiger charge is -2.10. The van der Waals surface area contributed by atoms with Crippen LogP contribution in [0.5, 0.6) is 0 Å². The third kappa shape index (κ3) is 4.51. The summed E-state index contributed by atoms with van der Waals surface area (Å²) >= 11 is 0. The molecule has 7 heteroatoms. The van der Waals surface area contributed by atoms with E-state index in [0.717, 1.165) is 12.1 Å². The maximum atomic E-state index is 13.0. The van der Waals surface area contributed by atoms with Crippen LogP contribution in [0.15, 0.2) is 23.1 Å². The maximum absolute atomic E-state index is 13.0. The zero-order valence-electron chi connectivity index (χ0n) is 10.8. The van der Waals surface area contributed by atoms with E-state index < -0.39 is 21.4 Å². The van der Waals surface area contributed by atoms with Crippen LogP contribution < -0.4 is 11.1 Å². The van der Waals surface area contributed by atoms with Gasteiger partial charge in [0.15, 0.2) is 9.84 Å². The zero-order chi connectivity index (χ0) is 14.6. The second-order valence-electron chi connectivity index (χ2n) is 4.47. The van der Waals surface area contributed by atoms with E-state index >= 15 is 0 Å². The Hall–Kier alpha value is -1.63. The van der Waals surface area contributed by atoms with Crippen molar-refractivity contribution in [1.82, 2.24) is 5.32 Å². The number of carbonyl (C=O) groups excluding carboxylic acids is 1. The first-order valence-corrected chi connectivity index (χ1v) is 7.45. The van der Waals surface area contributed by atoms with Crippen LogP contribution in [0.4, 0.5) is 10.1 Å². The second kappa shape index (κ2) is 6.01. The molecule has 0 aliphatic rings. The Balaban J connectivity index is 2.82. The highest BCUT2D eigenvalue weighted by molar-refractivity contribution is 7.91. The van der Waals surface area contributed by atoms with Crippen molar-refractivity contribution < 1.29 is 17.6 Å². The van der Waals surface area contributed by atoms with Crippen molar-refractivity contribution in [1.29, 1.82) is 0 Å². The van der Waals surface area contributed by atoms with Gasteiger partial charge in [-0.05, 0) is 32.0 Å². The molecule has 0 saturated heterocycles. The summed E-state index contributed by atoms with van der Waals surface area (Å²) in [5, 5.41) is 2.58. The summed E-state index contributed by atoms with van der Waals surface area (Å²) in [5.41, 5.74) is 5.49. The van der Waals surface area contributed by atoms with Gasteiger partial charge in [-0.3, -0.25) is 4.79 Å². The van der Waals surface area contributed by atoms with E-state index in [-0.39, 0.29) is 29.0 Å². The lowest BCUT2D eigenvalue weighted by Crippen LogP contribution is -2.31. The molecule has 0 saturated carbocycles. The van der Waals surface area contributed by atoms with Crippen LogP contribution in [0.2, 0.25) is 0 Å². The molecule has 106 valence electrons. The van der Waals surface area contributed by atoms with E-state index in [2.05, 4.69) is 5.32 Å². The van der Waals surface area contributed by atoms with Gasteiger partial charge in [-0.15, -0.1) is 0 Å². The molecule has 0 aliphatic heterocycles.